The van der Waals surface area contributed by atoms with Gasteiger partial charge in [-0.1, -0.05) is 91.0 Å². The molecule has 0 aliphatic carbocycles. The lowest BCUT2D eigenvalue weighted by molar-refractivity contribution is -0.265. The van der Waals surface area contributed by atoms with E-state index in [1.54, 1.807) is 13.8 Å². The Hall–Kier alpha value is -5.34. The highest BCUT2D eigenvalue weighted by Crippen LogP contribution is 2.45. The third-order valence-electron chi connectivity index (χ3n) is 10.2. The standard InChI is InChI=1S/C40H42N6O11/c1-39(2)55-33-27(22-51-40(24-12-6-3-7-13-24,25-14-8-4-9-15-25)26-16-10-5-11-17-26)54-36(34(33)56-39)46-21-19-30(43-38(46)49)44-57-32-28(23-52-50)53-35(31(32)47)45-20-18-29(41)42-37(45)48/h3-21,27-28,31-36,47,50H,22-23H2,1-2H3,(H2,41,42,48)(H,43,44,49)/t27-,28-,31-,32-,33-,34-,35-,36-/m1/s1. The van der Waals surface area contributed by atoms with Gasteiger partial charge >= 0.3 is 11.4 Å². The van der Waals surface area contributed by atoms with E-state index in [1.165, 1.54) is 29.1 Å². The SMILES string of the molecule is CC1(C)O[C@@H]2[C@H](O1)[C@@H](COC(c1ccccc1)(c1ccccc1)c1ccccc1)O[C@H]2n1ccc(NO[C@H]2[C@@H](O)[C@H](n3ccc(N)nc3=O)O[C@@H]2COO)nc1=O. The number of nitrogens with two attached hydrogens (primary N) is 1. The number of nitrogen functional groups attached to an aromatic ring is 1. The Morgan fingerprint density at radius 2 is 1.30 bits per heavy atom. The number of rotatable bonds is 13. The van der Waals surface area contributed by atoms with Crippen LogP contribution < -0.4 is 22.6 Å². The lowest BCUT2D eigenvalue weighted by Crippen LogP contribution is -2.40. The molecule has 3 aliphatic rings. The van der Waals surface area contributed by atoms with Crippen LogP contribution in [0.1, 0.15) is 43.0 Å². The van der Waals surface area contributed by atoms with Gasteiger partial charge in [-0.2, -0.15) is 9.97 Å². The second-order valence-electron chi connectivity index (χ2n) is 14.3. The van der Waals surface area contributed by atoms with E-state index in [4.69, 9.17) is 39.5 Å². The molecular formula is C40H42N6O11. The topological polar surface area (TPSA) is 213 Å². The summed E-state index contributed by atoms with van der Waals surface area (Å²) in [7, 11) is 0. The molecule has 2 aromatic heterocycles. The van der Waals surface area contributed by atoms with Crippen molar-refractivity contribution in [2.24, 2.45) is 0 Å². The van der Waals surface area contributed by atoms with Crippen LogP contribution >= 0.6 is 0 Å². The molecule has 5 heterocycles. The second kappa shape index (κ2) is 15.9. The molecule has 0 bridgehead atoms. The third-order valence-corrected chi connectivity index (χ3v) is 10.2. The average molecular weight is 783 g/mol. The quantitative estimate of drug-likeness (QED) is 0.0768. The van der Waals surface area contributed by atoms with Gasteiger partial charge in [0.05, 0.1) is 6.61 Å². The van der Waals surface area contributed by atoms with Gasteiger partial charge in [-0.05, 0) is 42.7 Å². The first kappa shape index (κ1) is 38.5. The molecule has 0 unspecified atom stereocenters. The van der Waals surface area contributed by atoms with Crippen LogP contribution in [0.4, 0.5) is 11.6 Å². The fraction of sp³-hybridized carbons (Fsp3) is 0.350. The summed E-state index contributed by atoms with van der Waals surface area (Å²) in [5, 5.41) is 20.2. The molecule has 3 fully saturated rings. The van der Waals surface area contributed by atoms with Crippen LogP contribution in [0, 0.1) is 0 Å². The van der Waals surface area contributed by atoms with Crippen molar-refractivity contribution >= 4 is 11.6 Å². The Morgan fingerprint density at radius 1 is 0.754 bits per heavy atom. The first-order chi connectivity index (χ1) is 27.6. The molecule has 3 aliphatic heterocycles. The Kier molecular flexibility index (Phi) is 10.7. The molecule has 3 saturated heterocycles. The van der Waals surface area contributed by atoms with E-state index < -0.39 is 78.5 Å². The normalized spacial score (nSPS) is 26.7. The van der Waals surface area contributed by atoms with Crippen LogP contribution in [0.5, 0.6) is 0 Å². The summed E-state index contributed by atoms with van der Waals surface area (Å²) in [6, 6.07) is 32.7. The number of aromatic nitrogens is 4. The zero-order valence-corrected chi connectivity index (χ0v) is 30.9. The summed E-state index contributed by atoms with van der Waals surface area (Å²) in [5.41, 5.74) is 8.42. The van der Waals surface area contributed by atoms with Crippen LogP contribution in [0.25, 0.3) is 0 Å². The van der Waals surface area contributed by atoms with Crippen LogP contribution in [0.3, 0.4) is 0 Å². The summed E-state index contributed by atoms with van der Waals surface area (Å²) >= 11 is 0. The summed E-state index contributed by atoms with van der Waals surface area (Å²) in [6.45, 7) is 3.25. The molecule has 0 radical (unpaired) electrons. The predicted molar refractivity (Wildman–Crippen MR) is 201 cm³/mol. The number of anilines is 2. The number of benzene rings is 3. The average Bonchev–Trinajstić information content (AvgIpc) is 3.82. The summed E-state index contributed by atoms with van der Waals surface area (Å²) in [6.07, 6.45) is -5.08. The molecule has 5 N–H and O–H groups in total. The van der Waals surface area contributed by atoms with Gasteiger partial charge in [0.15, 0.2) is 24.1 Å². The van der Waals surface area contributed by atoms with Crippen molar-refractivity contribution in [2.75, 3.05) is 24.4 Å². The number of nitrogens with one attached hydrogen (secondary N) is 1. The Bertz CT molecular complexity index is 2160. The Morgan fingerprint density at radius 3 is 1.88 bits per heavy atom. The minimum absolute atomic E-state index is 0.0106. The number of aliphatic hydroxyl groups is 1. The van der Waals surface area contributed by atoms with E-state index in [0.717, 1.165) is 21.3 Å². The maximum atomic E-state index is 13.7. The van der Waals surface area contributed by atoms with Crippen LogP contribution in [0.2, 0.25) is 0 Å². The zero-order valence-electron chi connectivity index (χ0n) is 30.9. The number of fused-ring (bicyclic) bond motifs is 1. The van der Waals surface area contributed by atoms with Gasteiger partial charge in [-0.15, -0.1) is 0 Å². The molecule has 8 rings (SSSR count). The van der Waals surface area contributed by atoms with Crippen molar-refractivity contribution < 1.29 is 43.8 Å². The van der Waals surface area contributed by atoms with Gasteiger partial charge in [-0.25, -0.2) is 20.0 Å². The number of ether oxygens (including phenoxy) is 5. The van der Waals surface area contributed by atoms with E-state index in [-0.39, 0.29) is 18.2 Å². The maximum absolute atomic E-state index is 13.7. The molecule has 3 aromatic carbocycles. The fourth-order valence-electron chi connectivity index (χ4n) is 7.71. The van der Waals surface area contributed by atoms with E-state index >= 15 is 0 Å². The summed E-state index contributed by atoms with van der Waals surface area (Å²) < 4.78 is 34.4. The highest BCUT2D eigenvalue weighted by atomic mass is 17.1. The minimum Gasteiger partial charge on any atom is -0.385 e. The van der Waals surface area contributed by atoms with Gasteiger partial charge in [-0.3, -0.25) is 19.2 Å². The lowest BCUT2D eigenvalue weighted by Gasteiger charge is -2.37. The first-order valence-corrected chi connectivity index (χ1v) is 18.3. The van der Waals surface area contributed by atoms with Crippen LogP contribution in [-0.2, 0) is 39.0 Å². The molecule has 17 heteroatoms. The monoisotopic (exact) mass is 782 g/mol. The number of hydrogen-bond donors (Lipinski definition) is 4. The molecule has 298 valence electrons. The van der Waals surface area contributed by atoms with E-state index in [2.05, 4.69) is 20.3 Å². The maximum Gasteiger partial charge on any atom is 0.351 e. The molecule has 0 saturated carbocycles. The molecular weight excluding hydrogens is 740 g/mol. The molecule has 17 nitrogen and oxygen atoms in total. The van der Waals surface area contributed by atoms with Crippen molar-refractivity contribution in [3.05, 3.63) is 153 Å². The zero-order chi connectivity index (χ0) is 39.7. The van der Waals surface area contributed by atoms with Crippen molar-refractivity contribution in [3.8, 4) is 0 Å². The number of hydrogen-bond acceptors (Lipinski definition) is 15. The van der Waals surface area contributed by atoms with Crippen molar-refractivity contribution in [1.82, 2.24) is 19.1 Å². The summed E-state index contributed by atoms with van der Waals surface area (Å²) in [5.74, 6) is -1.01. The van der Waals surface area contributed by atoms with Gasteiger partial charge < -0.3 is 34.5 Å². The van der Waals surface area contributed by atoms with Gasteiger partial charge in [0, 0.05) is 12.4 Å². The van der Waals surface area contributed by atoms with Crippen LogP contribution in [-0.4, -0.2) is 85.1 Å². The number of nitrogens with zero attached hydrogens (tertiary/aromatic N) is 4. The predicted octanol–water partition coefficient (Wildman–Crippen LogP) is 2.97. The van der Waals surface area contributed by atoms with Gasteiger partial charge in [0.2, 0.25) is 0 Å². The van der Waals surface area contributed by atoms with E-state index in [1.807, 2.05) is 91.0 Å². The highest BCUT2D eigenvalue weighted by molar-refractivity contribution is 5.47. The molecule has 5 aromatic rings. The highest BCUT2D eigenvalue weighted by Gasteiger charge is 2.57. The summed E-state index contributed by atoms with van der Waals surface area (Å²) in [4.78, 5) is 43.9. The molecule has 8 atom stereocenters. The largest absolute Gasteiger partial charge is 0.385 e. The number of aliphatic hydroxyl groups excluding tert-OH is 1. The second-order valence-corrected chi connectivity index (χ2v) is 14.3. The third kappa shape index (κ3) is 7.48. The minimum atomic E-state index is -1.45. The smallest absolute Gasteiger partial charge is 0.351 e. The van der Waals surface area contributed by atoms with Crippen molar-refractivity contribution in [2.45, 2.75) is 74.3 Å². The Balaban J connectivity index is 1.03. The fourth-order valence-corrected chi connectivity index (χ4v) is 7.71. The van der Waals surface area contributed by atoms with Gasteiger partial charge in [0.1, 0.15) is 54.6 Å². The Labute approximate surface area is 326 Å². The lowest BCUT2D eigenvalue weighted by atomic mass is 9.80. The van der Waals surface area contributed by atoms with E-state index in [9.17, 15) is 14.7 Å². The van der Waals surface area contributed by atoms with E-state index in [0.29, 0.717) is 0 Å². The van der Waals surface area contributed by atoms with Crippen molar-refractivity contribution in [1.29, 1.82) is 0 Å². The molecule has 0 spiro atoms. The van der Waals surface area contributed by atoms with Crippen LogP contribution in [0.15, 0.2) is 125 Å². The van der Waals surface area contributed by atoms with Crippen molar-refractivity contribution in [3.63, 3.8) is 0 Å². The molecule has 57 heavy (non-hydrogen) atoms. The molecule has 0 amide bonds. The first-order valence-electron chi connectivity index (χ1n) is 18.3. The van der Waals surface area contributed by atoms with Gasteiger partial charge in [0.25, 0.3) is 0 Å².